The first-order valence-electron chi connectivity index (χ1n) is 5.61. The zero-order valence-electron chi connectivity index (χ0n) is 9.85. The summed E-state index contributed by atoms with van der Waals surface area (Å²) < 4.78 is 42.3. The van der Waals surface area contributed by atoms with Gasteiger partial charge in [0.25, 0.3) is 5.91 Å². The quantitative estimate of drug-likeness (QED) is 0.888. The number of rotatable bonds is 2. The van der Waals surface area contributed by atoms with Crippen LogP contribution in [0.4, 0.5) is 18.9 Å². The molecule has 1 aromatic rings. The van der Waals surface area contributed by atoms with Crippen molar-refractivity contribution in [2.24, 2.45) is 0 Å². The van der Waals surface area contributed by atoms with E-state index in [1.807, 2.05) is 0 Å². The lowest BCUT2D eigenvalue weighted by Gasteiger charge is -2.34. The van der Waals surface area contributed by atoms with Gasteiger partial charge in [-0.1, -0.05) is 0 Å². The highest BCUT2D eigenvalue weighted by atomic mass is 19.4. The molecule has 0 radical (unpaired) electrons. The average molecular weight is 275 g/mol. The minimum atomic E-state index is -4.41. The normalized spacial score (nSPS) is 20.7. The lowest BCUT2D eigenvalue weighted by atomic mass is 10.1. The first-order chi connectivity index (χ1) is 8.93. The van der Waals surface area contributed by atoms with Gasteiger partial charge in [-0.05, 0) is 24.3 Å². The standard InChI is InChI=1S/C12H12F3NO3/c13-12(14,15)8-1-3-9(4-2-8)16-10(5-17)6-19-7-11(16)18/h1-4,10,17H,5-7H2. The van der Waals surface area contributed by atoms with E-state index < -0.39 is 17.8 Å². The summed E-state index contributed by atoms with van der Waals surface area (Å²) in [5.41, 5.74) is -0.460. The maximum atomic E-state index is 12.4. The van der Waals surface area contributed by atoms with Gasteiger partial charge >= 0.3 is 6.18 Å². The van der Waals surface area contributed by atoms with Crippen molar-refractivity contribution >= 4 is 11.6 Å². The number of alkyl halides is 3. The second-order valence-corrected chi connectivity index (χ2v) is 4.16. The number of aliphatic hydroxyl groups excluding tert-OH is 1. The summed E-state index contributed by atoms with van der Waals surface area (Å²) in [6.45, 7) is -0.298. The van der Waals surface area contributed by atoms with Crippen LogP contribution in [0.1, 0.15) is 5.56 Å². The number of hydrogen-bond acceptors (Lipinski definition) is 3. The van der Waals surface area contributed by atoms with Crippen molar-refractivity contribution in [1.29, 1.82) is 0 Å². The molecule has 1 fully saturated rings. The number of ether oxygens (including phenoxy) is 1. The van der Waals surface area contributed by atoms with E-state index in [0.29, 0.717) is 5.69 Å². The minimum absolute atomic E-state index is 0.141. The zero-order valence-corrected chi connectivity index (χ0v) is 9.85. The Labute approximate surface area is 107 Å². The van der Waals surface area contributed by atoms with Crippen LogP contribution in [0, 0.1) is 0 Å². The Kier molecular flexibility index (Phi) is 3.77. The molecule has 1 aliphatic heterocycles. The van der Waals surface area contributed by atoms with Gasteiger partial charge in [-0.2, -0.15) is 13.2 Å². The minimum Gasteiger partial charge on any atom is -0.394 e. The number of anilines is 1. The van der Waals surface area contributed by atoms with Crippen LogP contribution in [0.25, 0.3) is 0 Å². The molecule has 1 N–H and O–H groups in total. The van der Waals surface area contributed by atoms with Gasteiger partial charge in [0, 0.05) is 5.69 Å². The molecule has 7 heteroatoms. The van der Waals surface area contributed by atoms with Crippen LogP contribution in [-0.4, -0.2) is 36.9 Å². The van der Waals surface area contributed by atoms with E-state index in [4.69, 9.17) is 4.74 Å². The number of halogens is 3. The zero-order chi connectivity index (χ0) is 14.0. The Morgan fingerprint density at radius 3 is 2.47 bits per heavy atom. The summed E-state index contributed by atoms with van der Waals surface area (Å²) in [5, 5.41) is 9.17. The Balaban J connectivity index is 2.27. The van der Waals surface area contributed by atoms with Gasteiger partial charge in [-0.3, -0.25) is 4.79 Å². The predicted octanol–water partition coefficient (Wildman–Crippen LogP) is 1.43. The predicted molar refractivity (Wildman–Crippen MR) is 60.6 cm³/mol. The molecule has 1 atom stereocenters. The summed E-state index contributed by atoms with van der Waals surface area (Å²) in [4.78, 5) is 13.0. The van der Waals surface area contributed by atoms with Gasteiger partial charge in [0.15, 0.2) is 0 Å². The van der Waals surface area contributed by atoms with E-state index in [-0.39, 0.29) is 25.7 Å². The molecule has 4 nitrogen and oxygen atoms in total. The van der Waals surface area contributed by atoms with E-state index in [1.54, 1.807) is 0 Å². The third kappa shape index (κ3) is 2.87. The summed E-state index contributed by atoms with van der Waals surface area (Å²) in [6, 6.07) is 3.68. The molecule has 0 bridgehead atoms. The summed E-state index contributed by atoms with van der Waals surface area (Å²) in [6.07, 6.45) is -4.41. The topological polar surface area (TPSA) is 49.8 Å². The summed E-state index contributed by atoms with van der Waals surface area (Å²) >= 11 is 0. The highest BCUT2D eigenvalue weighted by Gasteiger charge is 2.32. The van der Waals surface area contributed by atoms with Gasteiger partial charge in [0.1, 0.15) is 6.61 Å². The first-order valence-corrected chi connectivity index (χ1v) is 5.61. The molecular formula is C12H12F3NO3. The molecule has 1 aromatic carbocycles. The third-order valence-electron chi connectivity index (χ3n) is 2.85. The van der Waals surface area contributed by atoms with E-state index in [9.17, 15) is 23.1 Å². The molecule has 0 spiro atoms. The molecule has 19 heavy (non-hydrogen) atoms. The van der Waals surface area contributed by atoms with E-state index in [1.165, 1.54) is 17.0 Å². The molecule has 0 aliphatic carbocycles. The van der Waals surface area contributed by atoms with Crippen LogP contribution in [0.2, 0.25) is 0 Å². The second kappa shape index (κ2) is 5.18. The van der Waals surface area contributed by atoms with Crippen LogP contribution < -0.4 is 4.90 Å². The van der Waals surface area contributed by atoms with Crippen LogP contribution in [0.3, 0.4) is 0 Å². The highest BCUT2D eigenvalue weighted by molar-refractivity contribution is 5.95. The molecule has 104 valence electrons. The van der Waals surface area contributed by atoms with E-state index in [2.05, 4.69) is 0 Å². The van der Waals surface area contributed by atoms with Gasteiger partial charge in [-0.15, -0.1) is 0 Å². The lowest BCUT2D eigenvalue weighted by molar-refractivity contribution is -0.137. The van der Waals surface area contributed by atoms with Crippen LogP contribution >= 0.6 is 0 Å². The van der Waals surface area contributed by atoms with Crippen molar-refractivity contribution < 1.29 is 27.8 Å². The van der Waals surface area contributed by atoms with Gasteiger partial charge in [-0.25, -0.2) is 0 Å². The fourth-order valence-corrected chi connectivity index (χ4v) is 1.93. The molecule has 1 amide bonds. The molecule has 2 rings (SSSR count). The Hall–Kier alpha value is -1.60. The SMILES string of the molecule is O=C1COCC(CO)N1c1ccc(C(F)(F)F)cc1. The monoisotopic (exact) mass is 275 g/mol. The van der Waals surface area contributed by atoms with E-state index >= 15 is 0 Å². The fourth-order valence-electron chi connectivity index (χ4n) is 1.93. The number of aliphatic hydroxyl groups is 1. The molecule has 0 aromatic heterocycles. The lowest BCUT2D eigenvalue weighted by Crippen LogP contribution is -2.51. The second-order valence-electron chi connectivity index (χ2n) is 4.16. The fraction of sp³-hybridized carbons (Fsp3) is 0.417. The average Bonchev–Trinajstić information content (AvgIpc) is 2.37. The van der Waals surface area contributed by atoms with Crippen LogP contribution in [0.5, 0.6) is 0 Å². The Morgan fingerprint density at radius 2 is 1.95 bits per heavy atom. The van der Waals surface area contributed by atoms with Crippen molar-refractivity contribution in [2.45, 2.75) is 12.2 Å². The van der Waals surface area contributed by atoms with Crippen molar-refractivity contribution in [1.82, 2.24) is 0 Å². The number of amides is 1. The number of morpholine rings is 1. The number of hydrogen-bond donors (Lipinski definition) is 1. The van der Waals surface area contributed by atoms with Gasteiger partial charge in [0.05, 0.1) is 24.8 Å². The van der Waals surface area contributed by atoms with Gasteiger partial charge in [0.2, 0.25) is 0 Å². The van der Waals surface area contributed by atoms with Crippen LogP contribution in [-0.2, 0) is 15.7 Å². The number of carbonyl (C=O) groups is 1. The van der Waals surface area contributed by atoms with Crippen molar-refractivity contribution in [2.75, 3.05) is 24.7 Å². The van der Waals surface area contributed by atoms with Crippen molar-refractivity contribution in [3.05, 3.63) is 29.8 Å². The Morgan fingerprint density at radius 1 is 1.32 bits per heavy atom. The first kappa shape index (κ1) is 13.8. The van der Waals surface area contributed by atoms with Crippen LogP contribution in [0.15, 0.2) is 24.3 Å². The third-order valence-corrected chi connectivity index (χ3v) is 2.85. The maximum Gasteiger partial charge on any atom is 0.416 e. The summed E-state index contributed by atoms with van der Waals surface area (Å²) in [5.74, 6) is -0.384. The molecule has 1 unspecified atom stereocenters. The number of benzene rings is 1. The van der Waals surface area contributed by atoms with Crippen molar-refractivity contribution in [3.8, 4) is 0 Å². The smallest absolute Gasteiger partial charge is 0.394 e. The van der Waals surface area contributed by atoms with Gasteiger partial charge < -0.3 is 14.7 Å². The molecule has 0 saturated carbocycles. The number of nitrogens with zero attached hydrogens (tertiary/aromatic N) is 1. The molecule has 1 heterocycles. The summed E-state index contributed by atoms with van der Waals surface area (Å²) in [7, 11) is 0. The largest absolute Gasteiger partial charge is 0.416 e. The maximum absolute atomic E-state index is 12.4. The highest BCUT2D eigenvalue weighted by Crippen LogP contribution is 2.31. The molecule has 1 aliphatic rings. The molecule has 1 saturated heterocycles. The number of carbonyl (C=O) groups excluding carboxylic acids is 1. The Bertz CT molecular complexity index is 458. The molecular weight excluding hydrogens is 263 g/mol. The van der Waals surface area contributed by atoms with Crippen molar-refractivity contribution in [3.63, 3.8) is 0 Å². The van der Waals surface area contributed by atoms with E-state index in [0.717, 1.165) is 12.1 Å².